The van der Waals surface area contributed by atoms with Crippen LogP contribution in [0.3, 0.4) is 0 Å². The van der Waals surface area contributed by atoms with Crippen LogP contribution in [0.25, 0.3) is 0 Å². The molecular weight excluding hydrogens is 257 g/mol. The summed E-state index contributed by atoms with van der Waals surface area (Å²) < 4.78 is 9.52. The van der Waals surface area contributed by atoms with Gasteiger partial charge in [-0.3, -0.25) is 10.1 Å². The summed E-state index contributed by atoms with van der Waals surface area (Å²) in [5.74, 6) is -1.12. The lowest BCUT2D eigenvalue weighted by molar-refractivity contribution is -0.119. The molecule has 80 valence electrons. The largest absolute Gasteiger partial charge is 0.325 e. The minimum Gasteiger partial charge on any atom is -0.309 e. The predicted molar refractivity (Wildman–Crippen MR) is 51.8 cm³/mol. The van der Waals surface area contributed by atoms with Crippen LogP contribution < -0.4 is 10.6 Å². The van der Waals surface area contributed by atoms with Crippen LogP contribution in [-0.4, -0.2) is 15.7 Å². The van der Waals surface area contributed by atoms with Crippen molar-refractivity contribution >= 4 is 46.7 Å². The van der Waals surface area contributed by atoms with Crippen molar-refractivity contribution < 1.29 is 14.0 Å². The average molecular weight is 263 g/mol. The van der Waals surface area contributed by atoms with Gasteiger partial charge in [-0.05, 0) is 6.92 Å². The summed E-state index contributed by atoms with van der Waals surface area (Å²) in [4.78, 5) is 21.7. The maximum Gasteiger partial charge on any atom is 0.325 e. The van der Waals surface area contributed by atoms with Crippen molar-refractivity contribution in [1.29, 1.82) is 0 Å². The molecule has 0 saturated carbocycles. The van der Waals surface area contributed by atoms with Crippen molar-refractivity contribution in [2.75, 3.05) is 0 Å². The van der Waals surface area contributed by atoms with Crippen molar-refractivity contribution in [2.24, 2.45) is 0 Å². The predicted octanol–water partition coefficient (Wildman–Crippen LogP) is 2.01. The molecule has 0 radical (unpaired) electrons. The third-order valence-electron chi connectivity index (χ3n) is 0.959. The number of carbonyl (C=O) groups excluding carboxylic acids is 2. The van der Waals surface area contributed by atoms with E-state index in [0.29, 0.717) is 0 Å². The Kier molecular flexibility index (Phi) is 5.18. The fourth-order valence-electron chi connectivity index (χ4n) is 0.412. The molecule has 0 spiro atoms. The Morgan fingerprint density at radius 1 is 1.29 bits per heavy atom. The molecule has 0 aliphatic heterocycles. The Hall–Kier alpha value is -0.520. The van der Waals surface area contributed by atoms with Crippen LogP contribution in [0.5, 0.6) is 0 Å². The second kappa shape index (κ2) is 5.38. The number of imide groups is 1. The first kappa shape index (κ1) is 13.5. The van der Waals surface area contributed by atoms with Gasteiger partial charge in [-0.25, -0.2) is 9.18 Å². The second-order valence-corrected chi connectivity index (χ2v) is 4.48. The molecule has 0 rings (SSSR count). The van der Waals surface area contributed by atoms with E-state index in [0.717, 1.165) is 0 Å². The van der Waals surface area contributed by atoms with Gasteiger partial charge in [-0.1, -0.05) is 34.8 Å². The molecule has 0 aliphatic carbocycles. The monoisotopic (exact) mass is 262 g/mol. The minimum atomic E-state index is -2.23. The van der Waals surface area contributed by atoms with Gasteiger partial charge >= 0.3 is 6.03 Å². The van der Waals surface area contributed by atoms with Crippen LogP contribution in [0.4, 0.5) is 9.18 Å². The summed E-state index contributed by atoms with van der Waals surface area (Å²) in [5.41, 5.74) is -0.0837. The Bertz CT molecular complexity index is 275. The quantitative estimate of drug-likeness (QED) is 0.711. The number of amides is 3. The van der Waals surface area contributed by atoms with E-state index in [1.54, 1.807) is 5.32 Å². The van der Waals surface area contributed by atoms with Gasteiger partial charge in [0.2, 0.25) is 0 Å². The van der Waals surface area contributed by atoms with Gasteiger partial charge < -0.3 is 5.32 Å². The number of allylic oxidation sites excluding steroid dienone is 1. The number of rotatable bonds is 1. The molecule has 0 bridgehead atoms. The molecule has 0 aromatic carbocycles. The van der Waals surface area contributed by atoms with E-state index >= 15 is 0 Å². The Morgan fingerprint density at radius 2 is 1.79 bits per heavy atom. The van der Waals surface area contributed by atoms with Gasteiger partial charge in [0.1, 0.15) is 6.33 Å². The minimum absolute atomic E-state index is 0.0837. The van der Waals surface area contributed by atoms with Gasteiger partial charge in [0.05, 0.1) is 0 Å². The molecule has 8 heteroatoms. The molecule has 0 aromatic heterocycles. The highest BCUT2D eigenvalue weighted by Gasteiger charge is 2.31. The lowest BCUT2D eigenvalue weighted by Crippen LogP contribution is -2.43. The first-order chi connectivity index (χ1) is 6.27. The smallest absolute Gasteiger partial charge is 0.309 e. The first-order valence-corrected chi connectivity index (χ1v) is 4.37. The third-order valence-corrected chi connectivity index (χ3v) is 1.47. The number of hydrogen-bond acceptors (Lipinski definition) is 2. The fourth-order valence-corrected chi connectivity index (χ4v) is 0.553. The van der Waals surface area contributed by atoms with Crippen LogP contribution in [-0.2, 0) is 4.79 Å². The van der Waals surface area contributed by atoms with Crippen LogP contribution in [0.2, 0.25) is 0 Å². The standard InChI is InChI=1S/C6H6Cl3FN2O2/c1-3(2-10)11-5(14)12-4(13)6(7,8)9/h2H,1H3,(H2,11,12,13,14)/b3-2-. The van der Waals surface area contributed by atoms with Gasteiger partial charge in [0.15, 0.2) is 0 Å². The van der Waals surface area contributed by atoms with E-state index in [9.17, 15) is 14.0 Å². The number of carbonyl (C=O) groups is 2. The van der Waals surface area contributed by atoms with Crippen molar-refractivity contribution in [2.45, 2.75) is 10.7 Å². The fraction of sp³-hybridized carbons (Fsp3) is 0.333. The molecule has 0 heterocycles. The Labute approximate surface area is 94.4 Å². The van der Waals surface area contributed by atoms with E-state index in [-0.39, 0.29) is 12.0 Å². The summed E-state index contributed by atoms with van der Waals surface area (Å²) in [6, 6.07) is -0.979. The van der Waals surface area contributed by atoms with E-state index < -0.39 is 15.7 Å². The summed E-state index contributed by atoms with van der Waals surface area (Å²) >= 11 is 15.4. The van der Waals surface area contributed by atoms with Crippen LogP contribution in [0.15, 0.2) is 12.0 Å². The van der Waals surface area contributed by atoms with Gasteiger partial charge in [-0.2, -0.15) is 0 Å². The molecule has 0 fully saturated rings. The number of hydrogen-bond donors (Lipinski definition) is 2. The summed E-state index contributed by atoms with van der Waals surface area (Å²) in [5, 5.41) is 3.66. The molecular formula is C6H6Cl3FN2O2. The maximum absolute atomic E-state index is 11.8. The molecule has 3 amide bonds. The van der Waals surface area contributed by atoms with Gasteiger partial charge in [0, 0.05) is 5.70 Å². The number of halogens is 4. The SMILES string of the molecule is C/C(=C/F)NC(=O)NC(=O)C(Cl)(Cl)Cl. The second-order valence-electron chi connectivity index (χ2n) is 2.20. The highest BCUT2D eigenvalue weighted by molar-refractivity contribution is 6.76. The zero-order valence-electron chi connectivity index (χ0n) is 6.91. The highest BCUT2D eigenvalue weighted by atomic mass is 35.6. The maximum atomic E-state index is 11.8. The summed E-state index contributed by atoms with van der Waals surface area (Å²) in [6.45, 7) is 1.28. The van der Waals surface area contributed by atoms with E-state index in [4.69, 9.17) is 34.8 Å². The number of urea groups is 1. The number of alkyl halides is 3. The highest BCUT2D eigenvalue weighted by Crippen LogP contribution is 2.25. The lowest BCUT2D eigenvalue weighted by atomic mass is 10.5. The van der Waals surface area contributed by atoms with E-state index in [1.807, 2.05) is 5.32 Å². The van der Waals surface area contributed by atoms with Crippen LogP contribution in [0.1, 0.15) is 6.92 Å². The Morgan fingerprint density at radius 3 is 2.14 bits per heavy atom. The van der Waals surface area contributed by atoms with Crippen molar-refractivity contribution in [3.63, 3.8) is 0 Å². The zero-order chi connectivity index (χ0) is 11.4. The molecule has 4 nitrogen and oxygen atoms in total. The molecule has 0 aromatic rings. The third kappa shape index (κ3) is 5.26. The molecule has 0 atom stereocenters. The molecule has 0 aliphatic rings. The normalized spacial score (nSPS) is 12.2. The lowest BCUT2D eigenvalue weighted by Gasteiger charge is -2.10. The average Bonchev–Trinajstić information content (AvgIpc) is 2.02. The van der Waals surface area contributed by atoms with Crippen molar-refractivity contribution in [1.82, 2.24) is 10.6 Å². The molecule has 0 unspecified atom stereocenters. The van der Waals surface area contributed by atoms with Crippen molar-refractivity contribution in [3.05, 3.63) is 12.0 Å². The van der Waals surface area contributed by atoms with Crippen LogP contribution in [0, 0.1) is 0 Å². The first-order valence-electron chi connectivity index (χ1n) is 3.23. The van der Waals surface area contributed by atoms with Gasteiger partial charge in [0.25, 0.3) is 9.70 Å². The summed E-state index contributed by atoms with van der Waals surface area (Å²) in [7, 11) is 0. The molecule has 14 heavy (non-hydrogen) atoms. The summed E-state index contributed by atoms with van der Waals surface area (Å²) in [6.07, 6.45) is 0.152. The van der Waals surface area contributed by atoms with Crippen LogP contribution >= 0.6 is 34.8 Å². The Balaban J connectivity index is 4.16. The number of nitrogens with one attached hydrogen (secondary N) is 2. The van der Waals surface area contributed by atoms with E-state index in [2.05, 4.69) is 0 Å². The van der Waals surface area contributed by atoms with E-state index in [1.165, 1.54) is 6.92 Å². The van der Waals surface area contributed by atoms with Crippen molar-refractivity contribution in [3.8, 4) is 0 Å². The topological polar surface area (TPSA) is 58.2 Å². The molecule has 0 saturated heterocycles. The van der Waals surface area contributed by atoms with Gasteiger partial charge in [-0.15, -0.1) is 0 Å². The molecule has 2 N–H and O–H groups in total. The zero-order valence-corrected chi connectivity index (χ0v) is 9.17.